The van der Waals surface area contributed by atoms with Gasteiger partial charge in [-0.1, -0.05) is 13.8 Å². The summed E-state index contributed by atoms with van der Waals surface area (Å²) < 4.78 is 11.1. The molecule has 1 fully saturated rings. The van der Waals surface area contributed by atoms with E-state index in [0.717, 1.165) is 0 Å². The van der Waals surface area contributed by atoms with Crippen molar-refractivity contribution in [3.05, 3.63) is 23.8 Å². The quantitative estimate of drug-likeness (QED) is 0.771. The second-order valence-electron chi connectivity index (χ2n) is 6.36. The zero-order chi connectivity index (χ0) is 19.1. The SMILES string of the molecule is CCOc1cc(C#N)ccc1OCC(=O)N1CCN(C(=O)C(C)C)CC1. The Morgan fingerprint density at radius 3 is 2.35 bits per heavy atom. The molecule has 0 unspecified atom stereocenters. The van der Waals surface area contributed by atoms with Gasteiger partial charge in [-0.05, 0) is 19.1 Å². The molecule has 0 aromatic heterocycles. The third-order valence-corrected chi connectivity index (χ3v) is 4.16. The fourth-order valence-corrected chi connectivity index (χ4v) is 2.74. The fourth-order valence-electron chi connectivity index (χ4n) is 2.74. The molecule has 0 atom stereocenters. The van der Waals surface area contributed by atoms with Crippen molar-refractivity contribution in [2.45, 2.75) is 20.8 Å². The van der Waals surface area contributed by atoms with E-state index in [0.29, 0.717) is 49.8 Å². The first-order chi connectivity index (χ1) is 12.5. The monoisotopic (exact) mass is 359 g/mol. The molecular formula is C19H25N3O4. The Hall–Kier alpha value is -2.75. The van der Waals surface area contributed by atoms with Crippen LogP contribution in [0.15, 0.2) is 18.2 Å². The Morgan fingerprint density at radius 2 is 1.77 bits per heavy atom. The number of benzene rings is 1. The van der Waals surface area contributed by atoms with E-state index in [-0.39, 0.29) is 24.3 Å². The molecule has 2 rings (SSSR count). The Balaban J connectivity index is 1.90. The van der Waals surface area contributed by atoms with Gasteiger partial charge in [0.1, 0.15) is 0 Å². The number of carbonyl (C=O) groups excluding carboxylic acids is 2. The molecule has 140 valence electrons. The van der Waals surface area contributed by atoms with Gasteiger partial charge in [-0.2, -0.15) is 5.26 Å². The minimum absolute atomic E-state index is 0.0334. The van der Waals surface area contributed by atoms with Crippen LogP contribution >= 0.6 is 0 Å². The predicted octanol–water partition coefficient (Wildman–Crippen LogP) is 1.66. The van der Waals surface area contributed by atoms with Gasteiger partial charge < -0.3 is 19.3 Å². The molecule has 1 heterocycles. The Labute approximate surface area is 154 Å². The first-order valence-corrected chi connectivity index (χ1v) is 8.82. The molecule has 26 heavy (non-hydrogen) atoms. The lowest BCUT2D eigenvalue weighted by Crippen LogP contribution is -2.52. The van der Waals surface area contributed by atoms with E-state index in [4.69, 9.17) is 14.7 Å². The summed E-state index contributed by atoms with van der Waals surface area (Å²) in [4.78, 5) is 27.9. The summed E-state index contributed by atoms with van der Waals surface area (Å²) in [6, 6.07) is 6.90. The molecule has 7 nitrogen and oxygen atoms in total. The number of carbonyl (C=O) groups is 2. The molecule has 0 bridgehead atoms. The maximum absolute atomic E-state index is 12.4. The van der Waals surface area contributed by atoms with E-state index >= 15 is 0 Å². The highest BCUT2D eigenvalue weighted by molar-refractivity contribution is 5.80. The summed E-state index contributed by atoms with van der Waals surface area (Å²) in [5.41, 5.74) is 0.470. The van der Waals surface area contributed by atoms with Gasteiger partial charge in [-0.15, -0.1) is 0 Å². The van der Waals surface area contributed by atoms with Gasteiger partial charge in [-0.3, -0.25) is 9.59 Å². The standard InChI is InChI=1S/C19H25N3O4/c1-4-25-17-11-15(12-20)5-6-16(17)26-13-18(23)21-7-9-22(10-8-21)19(24)14(2)3/h5-6,11,14H,4,7-10,13H2,1-3H3. The second-order valence-corrected chi connectivity index (χ2v) is 6.36. The number of rotatable bonds is 6. The molecule has 1 saturated heterocycles. The zero-order valence-corrected chi connectivity index (χ0v) is 15.5. The summed E-state index contributed by atoms with van der Waals surface area (Å²) >= 11 is 0. The van der Waals surface area contributed by atoms with E-state index in [9.17, 15) is 9.59 Å². The van der Waals surface area contributed by atoms with Crippen molar-refractivity contribution in [3.8, 4) is 17.6 Å². The Morgan fingerprint density at radius 1 is 1.12 bits per heavy atom. The molecule has 2 amide bonds. The predicted molar refractivity (Wildman–Crippen MR) is 95.8 cm³/mol. The number of hydrogen-bond acceptors (Lipinski definition) is 5. The van der Waals surface area contributed by atoms with Crippen molar-refractivity contribution >= 4 is 11.8 Å². The van der Waals surface area contributed by atoms with Gasteiger partial charge in [0.15, 0.2) is 18.1 Å². The topological polar surface area (TPSA) is 82.9 Å². The van der Waals surface area contributed by atoms with Crippen LogP contribution in [-0.4, -0.2) is 61.0 Å². The van der Waals surface area contributed by atoms with Crippen molar-refractivity contribution in [1.29, 1.82) is 5.26 Å². The molecule has 1 aromatic rings. The highest BCUT2D eigenvalue weighted by Crippen LogP contribution is 2.28. The maximum Gasteiger partial charge on any atom is 0.260 e. The highest BCUT2D eigenvalue weighted by atomic mass is 16.5. The van der Waals surface area contributed by atoms with Crippen molar-refractivity contribution in [3.63, 3.8) is 0 Å². The van der Waals surface area contributed by atoms with Crippen LogP contribution in [0.25, 0.3) is 0 Å². The lowest BCUT2D eigenvalue weighted by Gasteiger charge is -2.35. The van der Waals surface area contributed by atoms with E-state index in [2.05, 4.69) is 0 Å². The summed E-state index contributed by atoms with van der Waals surface area (Å²) in [5, 5.41) is 8.97. The first kappa shape index (κ1) is 19.6. The van der Waals surface area contributed by atoms with Crippen LogP contribution in [0.5, 0.6) is 11.5 Å². The molecule has 0 radical (unpaired) electrons. The van der Waals surface area contributed by atoms with Crippen LogP contribution in [0.1, 0.15) is 26.3 Å². The van der Waals surface area contributed by atoms with Crippen molar-refractivity contribution in [2.75, 3.05) is 39.4 Å². The van der Waals surface area contributed by atoms with Gasteiger partial charge in [0.25, 0.3) is 5.91 Å². The number of ether oxygens (including phenoxy) is 2. The highest BCUT2D eigenvalue weighted by Gasteiger charge is 2.25. The molecule has 0 spiro atoms. The lowest BCUT2D eigenvalue weighted by molar-refractivity contribution is -0.142. The number of hydrogen-bond donors (Lipinski definition) is 0. The molecule has 1 aromatic carbocycles. The van der Waals surface area contributed by atoms with Crippen molar-refractivity contribution < 1.29 is 19.1 Å². The fraction of sp³-hybridized carbons (Fsp3) is 0.526. The van der Waals surface area contributed by atoms with E-state index in [1.807, 2.05) is 26.8 Å². The summed E-state index contributed by atoms with van der Waals surface area (Å²) in [6.45, 7) is 8.02. The summed E-state index contributed by atoms with van der Waals surface area (Å²) in [6.07, 6.45) is 0. The minimum Gasteiger partial charge on any atom is -0.490 e. The summed E-state index contributed by atoms with van der Waals surface area (Å²) in [7, 11) is 0. The number of nitriles is 1. The van der Waals surface area contributed by atoms with E-state index < -0.39 is 0 Å². The van der Waals surface area contributed by atoms with E-state index in [1.54, 1.807) is 28.0 Å². The van der Waals surface area contributed by atoms with Crippen LogP contribution in [-0.2, 0) is 9.59 Å². The Bertz CT molecular complexity index is 689. The van der Waals surface area contributed by atoms with Crippen LogP contribution < -0.4 is 9.47 Å². The normalized spacial score (nSPS) is 14.1. The van der Waals surface area contributed by atoms with Crippen LogP contribution in [0, 0.1) is 17.2 Å². The third kappa shape index (κ3) is 4.88. The Kier molecular flexibility index (Phi) is 6.84. The van der Waals surface area contributed by atoms with Crippen molar-refractivity contribution in [2.24, 2.45) is 5.92 Å². The first-order valence-electron chi connectivity index (χ1n) is 8.82. The third-order valence-electron chi connectivity index (χ3n) is 4.16. The largest absolute Gasteiger partial charge is 0.490 e. The van der Waals surface area contributed by atoms with Gasteiger partial charge in [-0.25, -0.2) is 0 Å². The minimum atomic E-state index is -0.131. The van der Waals surface area contributed by atoms with Gasteiger partial charge in [0, 0.05) is 38.2 Å². The maximum atomic E-state index is 12.4. The van der Waals surface area contributed by atoms with Crippen molar-refractivity contribution in [1.82, 2.24) is 9.80 Å². The molecule has 1 aliphatic heterocycles. The van der Waals surface area contributed by atoms with E-state index in [1.165, 1.54) is 0 Å². The van der Waals surface area contributed by atoms with Gasteiger partial charge >= 0.3 is 0 Å². The smallest absolute Gasteiger partial charge is 0.260 e. The van der Waals surface area contributed by atoms with Gasteiger partial charge in [0.05, 0.1) is 18.2 Å². The number of nitrogens with zero attached hydrogens (tertiary/aromatic N) is 3. The molecule has 7 heteroatoms. The zero-order valence-electron chi connectivity index (χ0n) is 15.5. The molecule has 0 aliphatic carbocycles. The molecule has 0 N–H and O–H groups in total. The van der Waals surface area contributed by atoms with Crippen LogP contribution in [0.2, 0.25) is 0 Å². The lowest BCUT2D eigenvalue weighted by atomic mass is 10.1. The van der Waals surface area contributed by atoms with Crippen LogP contribution in [0.4, 0.5) is 0 Å². The molecule has 0 saturated carbocycles. The average molecular weight is 359 g/mol. The van der Waals surface area contributed by atoms with Crippen LogP contribution in [0.3, 0.4) is 0 Å². The number of amides is 2. The number of piperazine rings is 1. The average Bonchev–Trinajstić information content (AvgIpc) is 2.66. The van der Waals surface area contributed by atoms with Gasteiger partial charge in [0.2, 0.25) is 5.91 Å². The second kappa shape index (κ2) is 9.09. The molecule has 1 aliphatic rings. The summed E-state index contributed by atoms with van der Waals surface area (Å²) in [5.74, 6) is 0.842. The molecular weight excluding hydrogens is 334 g/mol.